The van der Waals surface area contributed by atoms with Crippen LogP contribution in [0, 0.1) is 5.82 Å². The zero-order valence-corrected chi connectivity index (χ0v) is 19.8. The third kappa shape index (κ3) is 4.46. The summed E-state index contributed by atoms with van der Waals surface area (Å²) >= 11 is 0. The molecule has 0 aliphatic carbocycles. The minimum absolute atomic E-state index is 0.0250. The van der Waals surface area contributed by atoms with Gasteiger partial charge >= 0.3 is 0 Å². The maximum absolute atomic E-state index is 14.7. The number of rotatable bonds is 4. The summed E-state index contributed by atoms with van der Waals surface area (Å²) in [7, 11) is 0. The first-order chi connectivity index (χ1) is 16.9. The Morgan fingerprint density at radius 2 is 1.77 bits per heavy atom. The van der Waals surface area contributed by atoms with E-state index in [-0.39, 0.29) is 22.8 Å². The number of piperazine rings is 1. The highest BCUT2D eigenvalue weighted by Gasteiger charge is 2.40. The van der Waals surface area contributed by atoms with E-state index in [2.05, 4.69) is 5.32 Å². The number of halogens is 1. The molecule has 2 saturated heterocycles. The smallest absolute Gasteiger partial charge is 0.256 e. The number of aromatic nitrogens is 1. The van der Waals surface area contributed by atoms with Crippen LogP contribution >= 0.6 is 0 Å². The molecule has 0 bridgehead atoms. The Hall–Kier alpha value is -3.52. The highest BCUT2D eigenvalue weighted by atomic mass is 19.1. The first-order valence-electron chi connectivity index (χ1n) is 12.1. The summed E-state index contributed by atoms with van der Waals surface area (Å²) < 4.78 is 16.6. The normalized spacial score (nSPS) is 20.4. The van der Waals surface area contributed by atoms with E-state index in [9.17, 15) is 18.8 Å². The lowest BCUT2D eigenvalue weighted by atomic mass is 9.98. The SMILES string of the molecule is C[C@@]1(C(=O)N2CCN(C(=O)c3cc(Cn4ccc(=O)c5ccccc54)ccc3F)CC2)CCCN1. The van der Waals surface area contributed by atoms with E-state index in [1.165, 1.54) is 12.1 Å². The Balaban J connectivity index is 1.31. The predicted molar refractivity (Wildman–Crippen MR) is 132 cm³/mol. The van der Waals surface area contributed by atoms with Gasteiger partial charge in [-0.1, -0.05) is 18.2 Å². The van der Waals surface area contributed by atoms with Crippen LogP contribution in [0.3, 0.4) is 0 Å². The second kappa shape index (κ2) is 9.26. The number of carbonyl (C=O) groups excluding carboxylic acids is 2. The van der Waals surface area contributed by atoms with E-state index < -0.39 is 11.4 Å². The van der Waals surface area contributed by atoms with Crippen LogP contribution in [0.4, 0.5) is 4.39 Å². The second-order valence-corrected chi connectivity index (χ2v) is 9.59. The largest absolute Gasteiger partial charge is 0.343 e. The van der Waals surface area contributed by atoms with E-state index in [1.54, 1.807) is 34.2 Å². The van der Waals surface area contributed by atoms with Gasteiger partial charge in [-0.2, -0.15) is 0 Å². The molecule has 0 spiro atoms. The number of nitrogens with one attached hydrogen (secondary N) is 1. The summed E-state index contributed by atoms with van der Waals surface area (Å²) in [4.78, 5) is 41.7. The molecule has 1 atom stereocenters. The van der Waals surface area contributed by atoms with Crippen LogP contribution in [-0.2, 0) is 11.3 Å². The fourth-order valence-electron chi connectivity index (χ4n) is 5.14. The molecule has 2 amide bonds. The third-order valence-corrected chi connectivity index (χ3v) is 7.19. The lowest BCUT2D eigenvalue weighted by molar-refractivity contribution is -0.138. The van der Waals surface area contributed by atoms with Gasteiger partial charge in [-0.15, -0.1) is 0 Å². The molecule has 1 N–H and O–H groups in total. The molecule has 0 radical (unpaired) electrons. The molecule has 2 aliphatic heterocycles. The quantitative estimate of drug-likeness (QED) is 0.628. The first kappa shape index (κ1) is 23.2. The molecule has 35 heavy (non-hydrogen) atoms. The molecule has 0 unspecified atom stereocenters. The number of pyridine rings is 1. The maximum Gasteiger partial charge on any atom is 0.256 e. The molecular formula is C27H29FN4O3. The number of amides is 2. The number of carbonyl (C=O) groups is 2. The van der Waals surface area contributed by atoms with Gasteiger partial charge < -0.3 is 19.7 Å². The average Bonchev–Trinajstić information content (AvgIpc) is 3.34. The fourth-order valence-corrected chi connectivity index (χ4v) is 5.14. The second-order valence-electron chi connectivity index (χ2n) is 9.59. The number of benzene rings is 2. The van der Waals surface area contributed by atoms with Crippen LogP contribution in [-0.4, -0.2) is 64.4 Å². The maximum atomic E-state index is 14.7. The lowest BCUT2D eigenvalue weighted by Crippen LogP contribution is -2.58. The zero-order valence-electron chi connectivity index (χ0n) is 19.8. The molecule has 2 fully saturated rings. The van der Waals surface area contributed by atoms with Crippen molar-refractivity contribution in [1.29, 1.82) is 0 Å². The topological polar surface area (TPSA) is 74.7 Å². The molecule has 1 aromatic heterocycles. The van der Waals surface area contributed by atoms with Crippen LogP contribution in [0.15, 0.2) is 59.5 Å². The standard InChI is InChI=1S/C27H29FN4O3/c1-27(10-4-11-29-27)26(35)31-15-13-30(14-16-31)25(34)21-17-19(7-8-22(21)28)18-32-12-9-24(33)20-5-2-3-6-23(20)32/h2-3,5-9,12,17,29H,4,10-11,13-16,18H2,1H3/t27-/m0/s1. The van der Waals surface area contributed by atoms with Gasteiger partial charge in [0.15, 0.2) is 5.43 Å². The van der Waals surface area contributed by atoms with Gasteiger partial charge in [0, 0.05) is 50.4 Å². The molecule has 2 aromatic carbocycles. The van der Waals surface area contributed by atoms with Gasteiger partial charge in [0.1, 0.15) is 5.82 Å². The molecule has 5 rings (SSSR count). The number of hydrogen-bond donors (Lipinski definition) is 1. The van der Waals surface area contributed by atoms with Gasteiger partial charge in [0.2, 0.25) is 5.91 Å². The van der Waals surface area contributed by atoms with E-state index in [1.807, 2.05) is 29.7 Å². The van der Waals surface area contributed by atoms with Crippen LogP contribution in [0.25, 0.3) is 10.9 Å². The van der Waals surface area contributed by atoms with Gasteiger partial charge in [0.25, 0.3) is 5.91 Å². The Morgan fingerprint density at radius 3 is 2.51 bits per heavy atom. The number of para-hydroxylation sites is 1. The first-order valence-corrected chi connectivity index (χ1v) is 12.1. The van der Waals surface area contributed by atoms with Crippen molar-refractivity contribution in [3.05, 3.63) is 81.9 Å². The van der Waals surface area contributed by atoms with Gasteiger partial charge in [0.05, 0.1) is 16.6 Å². The Labute approximate surface area is 203 Å². The highest BCUT2D eigenvalue weighted by Crippen LogP contribution is 2.23. The molecule has 182 valence electrons. The molecule has 0 saturated carbocycles. The lowest BCUT2D eigenvalue weighted by Gasteiger charge is -2.38. The van der Waals surface area contributed by atoms with Crippen molar-refractivity contribution in [1.82, 2.24) is 19.7 Å². The van der Waals surface area contributed by atoms with Crippen molar-refractivity contribution in [2.45, 2.75) is 31.8 Å². The predicted octanol–water partition coefficient (Wildman–Crippen LogP) is 2.62. The van der Waals surface area contributed by atoms with Crippen LogP contribution in [0.1, 0.15) is 35.7 Å². The summed E-state index contributed by atoms with van der Waals surface area (Å²) in [6.07, 6.45) is 3.50. The molecule has 8 heteroatoms. The van der Waals surface area contributed by atoms with E-state index in [0.29, 0.717) is 38.1 Å². The summed E-state index contributed by atoms with van der Waals surface area (Å²) in [6.45, 7) is 4.79. The van der Waals surface area contributed by atoms with Crippen LogP contribution in [0.2, 0.25) is 0 Å². The summed E-state index contributed by atoms with van der Waals surface area (Å²) in [5.41, 5.74) is 0.985. The molecular weight excluding hydrogens is 447 g/mol. The van der Waals surface area contributed by atoms with Crippen molar-refractivity contribution in [3.8, 4) is 0 Å². The Morgan fingerprint density at radius 1 is 1.03 bits per heavy atom. The van der Waals surface area contributed by atoms with Crippen molar-refractivity contribution < 1.29 is 14.0 Å². The highest BCUT2D eigenvalue weighted by molar-refractivity contribution is 5.95. The van der Waals surface area contributed by atoms with Gasteiger partial charge in [-0.25, -0.2) is 4.39 Å². The Kier molecular flexibility index (Phi) is 6.15. The van der Waals surface area contributed by atoms with Crippen molar-refractivity contribution in [2.24, 2.45) is 0 Å². The molecule has 3 heterocycles. The monoisotopic (exact) mass is 476 g/mol. The van der Waals surface area contributed by atoms with Crippen molar-refractivity contribution in [3.63, 3.8) is 0 Å². The summed E-state index contributed by atoms with van der Waals surface area (Å²) in [5.74, 6) is -0.861. The van der Waals surface area contributed by atoms with Crippen molar-refractivity contribution >= 4 is 22.7 Å². The van der Waals surface area contributed by atoms with Crippen LogP contribution < -0.4 is 10.7 Å². The number of hydrogen-bond acceptors (Lipinski definition) is 4. The molecule has 7 nitrogen and oxygen atoms in total. The fraction of sp³-hybridized carbons (Fsp3) is 0.370. The van der Waals surface area contributed by atoms with E-state index in [0.717, 1.165) is 30.5 Å². The Bertz CT molecular complexity index is 1340. The molecule has 2 aliphatic rings. The molecule has 3 aromatic rings. The van der Waals surface area contributed by atoms with Crippen molar-refractivity contribution in [2.75, 3.05) is 32.7 Å². The minimum Gasteiger partial charge on any atom is -0.343 e. The van der Waals surface area contributed by atoms with Gasteiger partial charge in [-0.05, 0) is 56.1 Å². The van der Waals surface area contributed by atoms with E-state index >= 15 is 0 Å². The summed E-state index contributed by atoms with van der Waals surface area (Å²) in [6, 6.07) is 13.4. The van der Waals surface area contributed by atoms with Crippen LogP contribution in [0.5, 0.6) is 0 Å². The minimum atomic E-state index is -0.565. The average molecular weight is 477 g/mol. The summed E-state index contributed by atoms with van der Waals surface area (Å²) in [5, 5.41) is 3.91. The number of fused-ring (bicyclic) bond motifs is 1. The zero-order chi connectivity index (χ0) is 24.6. The van der Waals surface area contributed by atoms with E-state index in [4.69, 9.17) is 0 Å². The third-order valence-electron chi connectivity index (χ3n) is 7.19. The van der Waals surface area contributed by atoms with Gasteiger partial charge in [-0.3, -0.25) is 14.4 Å². The number of nitrogens with zero attached hydrogens (tertiary/aromatic N) is 3.